The number of nitrogens with one attached hydrogen (secondary N) is 2. The Balaban J connectivity index is 2.36. The number of ether oxygens (including phenoxy) is 1. The molecule has 8 heteroatoms. The molecule has 1 unspecified atom stereocenters. The lowest BCUT2D eigenvalue weighted by Crippen LogP contribution is -2.31. The van der Waals surface area contributed by atoms with E-state index in [0.717, 1.165) is 0 Å². The zero-order valence-electron chi connectivity index (χ0n) is 11.3. The van der Waals surface area contributed by atoms with E-state index >= 15 is 0 Å². The van der Waals surface area contributed by atoms with Crippen molar-refractivity contribution in [2.24, 2.45) is 5.92 Å². The molecule has 1 aromatic carbocycles. The molecule has 0 aliphatic carbocycles. The molecular weight excluding hydrogens is 286 g/mol. The average molecular weight is 302 g/mol. The van der Waals surface area contributed by atoms with Crippen molar-refractivity contribution < 1.29 is 28.2 Å². The van der Waals surface area contributed by atoms with E-state index in [4.69, 9.17) is 5.11 Å². The van der Waals surface area contributed by atoms with Crippen LogP contribution in [0.3, 0.4) is 0 Å². The van der Waals surface area contributed by atoms with Crippen LogP contribution >= 0.6 is 0 Å². The summed E-state index contributed by atoms with van der Waals surface area (Å²) in [5, 5.41) is 13.7. The van der Waals surface area contributed by atoms with Crippen molar-refractivity contribution in [1.29, 1.82) is 0 Å². The second-order valence-corrected chi connectivity index (χ2v) is 4.31. The Morgan fingerprint density at radius 3 is 2.43 bits per heavy atom. The van der Waals surface area contributed by atoms with Crippen LogP contribution in [0.25, 0.3) is 0 Å². The van der Waals surface area contributed by atoms with Crippen molar-refractivity contribution in [2.45, 2.75) is 20.0 Å². The molecule has 6 nitrogen and oxygen atoms in total. The smallest absolute Gasteiger partial charge is 0.387 e. The number of hydrogen-bond donors (Lipinski definition) is 3. The number of hydrogen-bond acceptors (Lipinski definition) is 3. The van der Waals surface area contributed by atoms with E-state index in [-0.39, 0.29) is 12.3 Å². The van der Waals surface area contributed by atoms with Crippen LogP contribution in [0.5, 0.6) is 5.75 Å². The topological polar surface area (TPSA) is 87.7 Å². The number of carboxylic acid groups (broad SMARTS) is 1. The molecule has 3 N–H and O–H groups in total. The third-order valence-electron chi connectivity index (χ3n) is 2.62. The first-order valence-corrected chi connectivity index (χ1v) is 6.21. The van der Waals surface area contributed by atoms with Gasteiger partial charge in [0.1, 0.15) is 5.75 Å². The van der Waals surface area contributed by atoms with Gasteiger partial charge in [0.05, 0.1) is 5.92 Å². The van der Waals surface area contributed by atoms with Crippen LogP contribution < -0.4 is 15.4 Å². The van der Waals surface area contributed by atoms with Crippen LogP contribution in [0.15, 0.2) is 24.3 Å². The van der Waals surface area contributed by atoms with Gasteiger partial charge in [-0.3, -0.25) is 4.79 Å². The Kier molecular flexibility index (Phi) is 6.38. The number of halogens is 2. The van der Waals surface area contributed by atoms with Crippen LogP contribution in [0.2, 0.25) is 0 Å². The molecule has 1 rings (SSSR count). The highest BCUT2D eigenvalue weighted by Crippen LogP contribution is 2.17. The van der Waals surface area contributed by atoms with Gasteiger partial charge in [-0.2, -0.15) is 8.78 Å². The summed E-state index contributed by atoms with van der Waals surface area (Å²) >= 11 is 0. The number of anilines is 1. The predicted molar refractivity (Wildman–Crippen MR) is 71.5 cm³/mol. The molecule has 0 saturated carbocycles. The van der Waals surface area contributed by atoms with Gasteiger partial charge in [-0.25, -0.2) is 4.79 Å². The molecule has 116 valence electrons. The number of amides is 2. The predicted octanol–water partition coefficient (Wildman–Crippen LogP) is 2.52. The fraction of sp³-hybridized carbons (Fsp3) is 0.385. The lowest BCUT2D eigenvalue weighted by Gasteiger charge is -2.10. The largest absolute Gasteiger partial charge is 0.481 e. The number of rotatable bonds is 7. The highest BCUT2D eigenvalue weighted by atomic mass is 19.3. The van der Waals surface area contributed by atoms with Gasteiger partial charge in [0.2, 0.25) is 0 Å². The van der Waals surface area contributed by atoms with Gasteiger partial charge >= 0.3 is 18.6 Å². The third kappa shape index (κ3) is 6.55. The van der Waals surface area contributed by atoms with Gasteiger partial charge in [-0.05, 0) is 30.7 Å². The van der Waals surface area contributed by atoms with Gasteiger partial charge in [-0.15, -0.1) is 0 Å². The van der Waals surface area contributed by atoms with Gasteiger partial charge in [0.15, 0.2) is 0 Å². The van der Waals surface area contributed by atoms with Crippen molar-refractivity contribution in [3.8, 4) is 5.75 Å². The van der Waals surface area contributed by atoms with Crippen molar-refractivity contribution in [3.05, 3.63) is 24.3 Å². The maximum absolute atomic E-state index is 11.9. The maximum Gasteiger partial charge on any atom is 0.387 e. The van der Waals surface area contributed by atoms with Crippen LogP contribution in [0.4, 0.5) is 19.3 Å². The lowest BCUT2D eigenvalue weighted by molar-refractivity contribution is -0.141. The summed E-state index contributed by atoms with van der Waals surface area (Å²) in [6, 6.07) is 4.92. The van der Waals surface area contributed by atoms with Gasteiger partial charge in [0.25, 0.3) is 0 Å². The molecule has 1 atom stereocenters. The van der Waals surface area contributed by atoms with Gasteiger partial charge in [0, 0.05) is 12.2 Å². The summed E-state index contributed by atoms with van der Waals surface area (Å²) < 4.78 is 28.1. The molecule has 0 aliphatic heterocycles. The highest BCUT2D eigenvalue weighted by Gasteiger charge is 2.11. The molecule has 0 aliphatic rings. The fourth-order valence-electron chi connectivity index (χ4n) is 1.42. The Morgan fingerprint density at radius 2 is 1.90 bits per heavy atom. The zero-order chi connectivity index (χ0) is 15.8. The lowest BCUT2D eigenvalue weighted by atomic mass is 10.1. The second-order valence-electron chi connectivity index (χ2n) is 4.31. The summed E-state index contributed by atoms with van der Waals surface area (Å²) in [4.78, 5) is 22.1. The average Bonchev–Trinajstić information content (AvgIpc) is 2.40. The van der Waals surface area contributed by atoms with Crippen LogP contribution in [-0.4, -0.2) is 30.3 Å². The second kappa shape index (κ2) is 8.03. The molecule has 1 aromatic rings. The number of urea groups is 1. The summed E-state index contributed by atoms with van der Waals surface area (Å²) in [6.45, 7) is -1.14. The van der Waals surface area contributed by atoms with E-state index < -0.39 is 24.5 Å². The maximum atomic E-state index is 11.9. The zero-order valence-corrected chi connectivity index (χ0v) is 11.3. The van der Waals surface area contributed by atoms with E-state index in [0.29, 0.717) is 12.1 Å². The van der Waals surface area contributed by atoms with Crippen molar-refractivity contribution in [2.75, 3.05) is 11.9 Å². The molecule has 0 bridgehead atoms. The Morgan fingerprint density at radius 1 is 1.29 bits per heavy atom. The minimum atomic E-state index is -2.90. The van der Waals surface area contributed by atoms with E-state index in [2.05, 4.69) is 15.4 Å². The number of carboxylic acids is 1. The van der Waals surface area contributed by atoms with E-state index in [1.54, 1.807) is 6.92 Å². The molecule has 0 fully saturated rings. The number of aliphatic carboxylic acids is 1. The van der Waals surface area contributed by atoms with Crippen LogP contribution in [0.1, 0.15) is 13.3 Å². The standard InChI is InChI=1S/C13H16F2N2O4/c1-8(11(18)19)6-7-16-13(20)17-9-2-4-10(5-3-9)21-12(14)15/h2-5,8,12H,6-7H2,1H3,(H,18,19)(H2,16,17,20). The molecule has 2 amide bonds. The summed E-state index contributed by atoms with van der Waals surface area (Å²) in [5.74, 6) is -1.48. The summed E-state index contributed by atoms with van der Waals surface area (Å²) in [6.07, 6.45) is 0.309. The first kappa shape index (κ1) is 16.7. The normalized spacial score (nSPS) is 11.8. The molecule has 0 aromatic heterocycles. The fourth-order valence-corrected chi connectivity index (χ4v) is 1.42. The van der Waals surface area contributed by atoms with Crippen molar-refractivity contribution in [1.82, 2.24) is 5.32 Å². The number of carbonyl (C=O) groups is 2. The highest BCUT2D eigenvalue weighted by molar-refractivity contribution is 5.89. The van der Waals surface area contributed by atoms with Crippen molar-refractivity contribution >= 4 is 17.7 Å². The molecule has 0 heterocycles. The molecular formula is C13H16F2N2O4. The van der Waals surface area contributed by atoms with E-state index in [9.17, 15) is 18.4 Å². The van der Waals surface area contributed by atoms with Crippen molar-refractivity contribution in [3.63, 3.8) is 0 Å². The summed E-state index contributed by atoms with van der Waals surface area (Å²) in [5.41, 5.74) is 0.403. The molecule has 21 heavy (non-hydrogen) atoms. The number of alkyl halides is 2. The molecule has 0 spiro atoms. The minimum absolute atomic E-state index is 0.00811. The number of carbonyl (C=O) groups excluding carboxylic acids is 1. The quantitative estimate of drug-likeness (QED) is 0.722. The van der Waals surface area contributed by atoms with E-state index in [1.807, 2.05) is 0 Å². The molecule has 0 radical (unpaired) electrons. The first-order valence-electron chi connectivity index (χ1n) is 6.21. The third-order valence-corrected chi connectivity index (χ3v) is 2.62. The van der Waals surface area contributed by atoms with Gasteiger partial charge < -0.3 is 20.5 Å². The van der Waals surface area contributed by atoms with Crippen LogP contribution in [-0.2, 0) is 4.79 Å². The molecule has 0 saturated heterocycles. The number of benzene rings is 1. The SMILES string of the molecule is CC(CCNC(=O)Nc1ccc(OC(F)F)cc1)C(=O)O. The van der Waals surface area contributed by atoms with Crippen LogP contribution in [0, 0.1) is 5.92 Å². The first-order chi connectivity index (χ1) is 9.88. The van der Waals surface area contributed by atoms with Gasteiger partial charge in [-0.1, -0.05) is 6.92 Å². The minimum Gasteiger partial charge on any atom is -0.481 e. The Bertz CT molecular complexity index is 480. The summed E-state index contributed by atoms with van der Waals surface area (Å²) in [7, 11) is 0. The Hall–Kier alpha value is -2.38. The monoisotopic (exact) mass is 302 g/mol. The van der Waals surface area contributed by atoms with E-state index in [1.165, 1.54) is 24.3 Å². The Labute approximate surface area is 120 Å².